The van der Waals surface area contributed by atoms with E-state index < -0.39 is 12.2 Å². The topological polar surface area (TPSA) is 66.8 Å². The van der Waals surface area contributed by atoms with Gasteiger partial charge in [0, 0.05) is 6.92 Å². The number of aliphatic hydroxyl groups is 2. The van der Waals surface area contributed by atoms with Crippen LogP contribution in [0.1, 0.15) is 67.2 Å². The summed E-state index contributed by atoms with van der Waals surface area (Å²) in [6.45, 7) is 12.1. The maximum atomic E-state index is 11.5. The number of hydrogen-bond acceptors (Lipinski definition) is 4. The number of fused-ring (bicyclic) bond motifs is 3. The van der Waals surface area contributed by atoms with Gasteiger partial charge in [0.1, 0.15) is 6.10 Å². The van der Waals surface area contributed by atoms with E-state index in [4.69, 9.17) is 4.74 Å². The zero-order valence-corrected chi connectivity index (χ0v) is 17.0. The molecule has 0 saturated heterocycles. The first-order valence-electron chi connectivity index (χ1n) is 9.94. The number of ether oxygens (including phenoxy) is 1. The fourth-order valence-corrected chi connectivity index (χ4v) is 6.14. The summed E-state index contributed by atoms with van der Waals surface area (Å²) < 4.78 is 5.55. The predicted octanol–water partition coefficient (Wildman–Crippen LogP) is 3.77. The Morgan fingerprint density at radius 2 is 1.92 bits per heavy atom. The molecule has 0 aromatic heterocycles. The van der Waals surface area contributed by atoms with Gasteiger partial charge in [-0.25, -0.2) is 0 Å². The van der Waals surface area contributed by atoms with Crippen molar-refractivity contribution in [3.63, 3.8) is 0 Å². The fraction of sp³-hybridized carbons (Fsp3) is 0.773. The Bertz CT molecular complexity index is 659. The molecule has 0 aromatic carbocycles. The van der Waals surface area contributed by atoms with Crippen molar-refractivity contribution in [1.82, 2.24) is 0 Å². The highest BCUT2D eigenvalue weighted by molar-refractivity contribution is 5.66. The molecule has 0 aliphatic heterocycles. The highest BCUT2D eigenvalue weighted by Gasteiger charge is 2.51. The molecule has 0 spiro atoms. The molecule has 26 heavy (non-hydrogen) atoms. The normalized spacial score (nSPS) is 44.3. The lowest BCUT2D eigenvalue weighted by Crippen LogP contribution is -2.51. The van der Waals surface area contributed by atoms with Gasteiger partial charge in [-0.2, -0.15) is 0 Å². The van der Waals surface area contributed by atoms with E-state index in [2.05, 4.69) is 33.8 Å². The van der Waals surface area contributed by atoms with Crippen molar-refractivity contribution in [2.24, 2.45) is 22.7 Å². The molecule has 2 bridgehead atoms. The zero-order valence-electron chi connectivity index (χ0n) is 17.0. The third-order valence-corrected chi connectivity index (χ3v) is 7.34. The van der Waals surface area contributed by atoms with E-state index in [-0.39, 0.29) is 34.7 Å². The quantitative estimate of drug-likeness (QED) is 0.697. The van der Waals surface area contributed by atoms with Crippen molar-refractivity contribution in [3.05, 3.63) is 22.8 Å². The zero-order chi connectivity index (χ0) is 19.4. The van der Waals surface area contributed by atoms with Gasteiger partial charge in [0.05, 0.1) is 12.2 Å². The lowest BCUT2D eigenvalue weighted by Gasteiger charge is -2.53. The smallest absolute Gasteiger partial charge is 0.303 e. The van der Waals surface area contributed by atoms with Gasteiger partial charge in [0.25, 0.3) is 0 Å². The third-order valence-electron chi connectivity index (χ3n) is 7.34. The minimum atomic E-state index is -0.486. The van der Waals surface area contributed by atoms with Crippen molar-refractivity contribution in [2.45, 2.75) is 85.5 Å². The van der Waals surface area contributed by atoms with Crippen LogP contribution in [0.15, 0.2) is 22.8 Å². The van der Waals surface area contributed by atoms with E-state index in [1.807, 2.05) is 6.92 Å². The summed E-state index contributed by atoms with van der Waals surface area (Å²) in [5, 5.41) is 22.0. The first kappa shape index (κ1) is 19.6. The first-order chi connectivity index (χ1) is 12.0. The van der Waals surface area contributed by atoms with Gasteiger partial charge < -0.3 is 14.9 Å². The van der Waals surface area contributed by atoms with Crippen molar-refractivity contribution in [2.75, 3.05) is 0 Å². The Kier molecular flexibility index (Phi) is 4.90. The molecule has 1 saturated carbocycles. The summed E-state index contributed by atoms with van der Waals surface area (Å²) >= 11 is 0. The molecule has 0 unspecified atom stereocenters. The highest BCUT2D eigenvalue weighted by atomic mass is 16.5. The minimum absolute atomic E-state index is 0.141. The molecule has 4 nitrogen and oxygen atoms in total. The number of carbonyl (C=O) groups excluding carboxylic acids is 1. The number of hydrogen-bond donors (Lipinski definition) is 2. The predicted molar refractivity (Wildman–Crippen MR) is 101 cm³/mol. The largest absolute Gasteiger partial charge is 0.458 e. The van der Waals surface area contributed by atoms with E-state index >= 15 is 0 Å². The van der Waals surface area contributed by atoms with Crippen molar-refractivity contribution >= 4 is 5.97 Å². The van der Waals surface area contributed by atoms with Crippen LogP contribution < -0.4 is 0 Å². The second-order valence-corrected chi connectivity index (χ2v) is 9.64. The summed E-state index contributed by atoms with van der Waals surface area (Å²) in [6, 6.07) is 0. The van der Waals surface area contributed by atoms with Crippen LogP contribution in [0, 0.1) is 22.7 Å². The van der Waals surface area contributed by atoms with Crippen molar-refractivity contribution in [3.8, 4) is 0 Å². The Morgan fingerprint density at radius 3 is 2.54 bits per heavy atom. The van der Waals surface area contributed by atoms with Crippen LogP contribution in [0.3, 0.4) is 0 Å². The molecular weight excluding hydrogens is 328 g/mol. The van der Waals surface area contributed by atoms with Crippen molar-refractivity contribution < 1.29 is 19.7 Å². The molecule has 6 atom stereocenters. The van der Waals surface area contributed by atoms with E-state index in [0.717, 1.165) is 29.6 Å². The fourth-order valence-electron chi connectivity index (χ4n) is 6.14. The van der Waals surface area contributed by atoms with Gasteiger partial charge in [-0.1, -0.05) is 33.8 Å². The van der Waals surface area contributed by atoms with Gasteiger partial charge in [0.15, 0.2) is 0 Å². The number of carbonyl (C=O) groups is 1. The maximum Gasteiger partial charge on any atom is 0.303 e. The summed E-state index contributed by atoms with van der Waals surface area (Å²) in [7, 11) is 0. The van der Waals surface area contributed by atoms with Gasteiger partial charge in [0.2, 0.25) is 0 Å². The van der Waals surface area contributed by atoms with E-state index in [1.54, 1.807) is 0 Å². The Morgan fingerprint density at radius 1 is 1.27 bits per heavy atom. The van der Waals surface area contributed by atoms with Crippen LogP contribution in [-0.2, 0) is 9.53 Å². The molecule has 0 amide bonds. The molecule has 0 heterocycles. The minimum Gasteiger partial charge on any atom is -0.458 e. The van der Waals surface area contributed by atoms with E-state index in [1.165, 1.54) is 6.92 Å². The van der Waals surface area contributed by atoms with Crippen LogP contribution in [0.25, 0.3) is 0 Å². The molecule has 3 aliphatic carbocycles. The van der Waals surface area contributed by atoms with E-state index in [9.17, 15) is 15.0 Å². The average Bonchev–Trinajstić information content (AvgIpc) is 2.47. The molecular formula is C22H34O4. The van der Waals surface area contributed by atoms with Gasteiger partial charge in [-0.15, -0.1) is 0 Å². The number of allylic oxidation sites excluding steroid dienone is 2. The van der Waals surface area contributed by atoms with Crippen LogP contribution in [-0.4, -0.2) is 34.5 Å². The third kappa shape index (κ3) is 3.05. The number of esters is 1. The number of rotatable bonds is 1. The monoisotopic (exact) mass is 362 g/mol. The lowest BCUT2D eigenvalue weighted by molar-refractivity contribution is -0.145. The lowest BCUT2D eigenvalue weighted by atomic mass is 9.53. The molecule has 1 fully saturated rings. The molecule has 146 valence electrons. The van der Waals surface area contributed by atoms with Crippen LogP contribution in [0.2, 0.25) is 0 Å². The Balaban J connectivity index is 2.17. The molecule has 3 aliphatic rings. The van der Waals surface area contributed by atoms with Gasteiger partial charge >= 0.3 is 5.97 Å². The SMILES string of the molecule is CC(=O)O[C@H]1CC[C@@]2(C)C[C@H](O)[C@H]3[C@H](C)C[C@H](O)/C(=C/C2=C1C)C3(C)C. The van der Waals surface area contributed by atoms with Crippen LogP contribution >= 0.6 is 0 Å². The Hall–Kier alpha value is -1.13. The first-order valence-corrected chi connectivity index (χ1v) is 9.94. The molecule has 0 radical (unpaired) electrons. The molecule has 4 heteroatoms. The molecule has 0 aromatic rings. The maximum absolute atomic E-state index is 11.5. The summed E-state index contributed by atoms with van der Waals surface area (Å²) in [4.78, 5) is 11.5. The molecule has 3 rings (SSSR count). The second-order valence-electron chi connectivity index (χ2n) is 9.64. The summed E-state index contributed by atoms with van der Waals surface area (Å²) in [5.74, 6) is 0.158. The second kappa shape index (κ2) is 6.49. The Labute approximate surface area is 157 Å². The van der Waals surface area contributed by atoms with Crippen molar-refractivity contribution in [1.29, 1.82) is 0 Å². The van der Waals surface area contributed by atoms with Gasteiger partial charge in [-0.3, -0.25) is 4.79 Å². The summed E-state index contributed by atoms with van der Waals surface area (Å²) in [6.07, 6.45) is 4.14. The van der Waals surface area contributed by atoms with Gasteiger partial charge in [-0.05, 0) is 72.0 Å². The molecule has 2 N–H and O–H groups in total. The number of aliphatic hydroxyl groups excluding tert-OH is 2. The van der Waals surface area contributed by atoms with Crippen LogP contribution in [0.4, 0.5) is 0 Å². The summed E-state index contributed by atoms with van der Waals surface area (Å²) in [5.41, 5.74) is 2.80. The van der Waals surface area contributed by atoms with E-state index in [0.29, 0.717) is 12.8 Å². The van der Waals surface area contributed by atoms with Crippen LogP contribution in [0.5, 0.6) is 0 Å². The standard InChI is InChI=1S/C22H34O4/c1-12-9-17(24)16-10-15-13(2)19(26-14(3)23)7-8-22(15,6)11-18(25)20(12)21(16,4)5/h10,12,17-20,24-25H,7-9,11H2,1-6H3/b16-10-/t12-,17+,18+,19+,20-,22+/m1/s1. The average molecular weight is 363 g/mol. The highest BCUT2D eigenvalue weighted by Crippen LogP contribution is 2.56.